The molecule has 0 aliphatic carbocycles. The van der Waals surface area contributed by atoms with Crippen LogP contribution in [-0.2, 0) is 15.8 Å². The van der Waals surface area contributed by atoms with Gasteiger partial charge in [-0.25, -0.2) is 13.1 Å². The van der Waals surface area contributed by atoms with Gasteiger partial charge in [0.15, 0.2) is 5.69 Å². The van der Waals surface area contributed by atoms with Gasteiger partial charge in [0, 0.05) is 11.1 Å². The number of aromatic nitrogens is 3. The summed E-state index contributed by atoms with van der Waals surface area (Å²) in [5.74, 6) is -1.26. The van der Waals surface area contributed by atoms with E-state index in [1.165, 1.54) is 24.0 Å². The number of halogens is 1. The quantitative estimate of drug-likeness (QED) is 0.654. The Balaban J connectivity index is 1.66. The van der Waals surface area contributed by atoms with Crippen molar-refractivity contribution in [2.24, 2.45) is 0 Å². The normalized spacial score (nSPS) is 11.1. The second-order valence-corrected chi connectivity index (χ2v) is 8.49. The van der Waals surface area contributed by atoms with Crippen LogP contribution in [0.15, 0.2) is 70.7 Å². The highest BCUT2D eigenvalue weighted by Gasteiger charge is 2.19. The van der Waals surface area contributed by atoms with Crippen molar-refractivity contribution in [3.8, 4) is 0 Å². The Morgan fingerprint density at radius 3 is 2.48 bits per heavy atom. The van der Waals surface area contributed by atoms with Gasteiger partial charge in [-0.1, -0.05) is 41.6 Å². The minimum absolute atomic E-state index is 0.108. The Kier molecular flexibility index (Phi) is 6.04. The Morgan fingerprint density at radius 2 is 1.81 bits per heavy atom. The van der Waals surface area contributed by atoms with Gasteiger partial charge in [0.2, 0.25) is 10.0 Å². The van der Waals surface area contributed by atoms with Gasteiger partial charge < -0.3 is 0 Å². The SMILES string of the molecule is O=C(NS(=O)(=O)Cc1ccccn1)c1ccc(Sc2ccccc2Cl)nn1. The molecule has 3 rings (SSSR count). The van der Waals surface area contributed by atoms with E-state index < -0.39 is 21.7 Å². The van der Waals surface area contributed by atoms with Crippen LogP contribution in [0, 0.1) is 0 Å². The predicted octanol–water partition coefficient (Wildman–Crippen LogP) is 2.94. The predicted molar refractivity (Wildman–Crippen MR) is 102 cm³/mol. The number of benzene rings is 1. The van der Waals surface area contributed by atoms with Gasteiger partial charge in [0.25, 0.3) is 5.91 Å². The molecule has 2 heterocycles. The van der Waals surface area contributed by atoms with Crippen LogP contribution in [0.5, 0.6) is 0 Å². The number of nitrogens with one attached hydrogen (secondary N) is 1. The summed E-state index contributed by atoms with van der Waals surface area (Å²) >= 11 is 7.38. The summed E-state index contributed by atoms with van der Waals surface area (Å²) in [6.45, 7) is 0. The maximum absolute atomic E-state index is 12.1. The lowest BCUT2D eigenvalue weighted by Gasteiger charge is -2.06. The van der Waals surface area contributed by atoms with Gasteiger partial charge in [0.05, 0.1) is 10.7 Å². The molecule has 1 N–H and O–H groups in total. The van der Waals surface area contributed by atoms with Gasteiger partial charge >= 0.3 is 0 Å². The minimum Gasteiger partial charge on any atom is -0.266 e. The van der Waals surface area contributed by atoms with Crippen LogP contribution in [0.1, 0.15) is 16.2 Å². The highest BCUT2D eigenvalue weighted by molar-refractivity contribution is 7.99. The lowest BCUT2D eigenvalue weighted by atomic mass is 10.4. The minimum atomic E-state index is -3.90. The first kappa shape index (κ1) is 19.3. The molecular formula is C17H13ClN4O3S2. The summed E-state index contributed by atoms with van der Waals surface area (Å²) in [7, 11) is -3.90. The Labute approximate surface area is 165 Å². The summed E-state index contributed by atoms with van der Waals surface area (Å²) in [5, 5.41) is 8.83. The van der Waals surface area contributed by atoms with Crippen LogP contribution < -0.4 is 4.72 Å². The average molecular weight is 421 g/mol. The number of hydrogen-bond acceptors (Lipinski definition) is 7. The molecule has 0 aliphatic heterocycles. The molecule has 0 aliphatic rings. The molecule has 138 valence electrons. The summed E-state index contributed by atoms with van der Waals surface area (Å²) in [6.07, 6.45) is 1.48. The van der Waals surface area contributed by atoms with E-state index in [-0.39, 0.29) is 5.69 Å². The fraction of sp³-hybridized carbons (Fsp3) is 0.0588. The van der Waals surface area contributed by atoms with Crippen molar-refractivity contribution in [2.45, 2.75) is 15.7 Å². The molecular weight excluding hydrogens is 408 g/mol. The van der Waals surface area contributed by atoms with Crippen molar-refractivity contribution in [1.29, 1.82) is 0 Å². The van der Waals surface area contributed by atoms with E-state index in [0.717, 1.165) is 4.90 Å². The van der Waals surface area contributed by atoms with Crippen molar-refractivity contribution in [1.82, 2.24) is 19.9 Å². The summed E-state index contributed by atoms with van der Waals surface area (Å²) in [6, 6.07) is 15.1. The molecule has 0 spiro atoms. The standard InChI is InChI=1S/C17H13ClN4O3S2/c18-13-6-1-2-7-15(13)26-16-9-8-14(20-21-16)17(23)22-27(24,25)11-12-5-3-4-10-19-12/h1-10H,11H2,(H,22,23). The highest BCUT2D eigenvalue weighted by Crippen LogP contribution is 2.31. The van der Waals surface area contributed by atoms with E-state index in [9.17, 15) is 13.2 Å². The van der Waals surface area contributed by atoms with Gasteiger partial charge in [-0.15, -0.1) is 10.2 Å². The smallest absolute Gasteiger partial charge is 0.266 e. The number of carbonyl (C=O) groups is 1. The maximum Gasteiger partial charge on any atom is 0.285 e. The molecule has 0 saturated carbocycles. The molecule has 0 atom stereocenters. The zero-order valence-corrected chi connectivity index (χ0v) is 16.1. The van der Waals surface area contributed by atoms with Crippen molar-refractivity contribution >= 4 is 39.3 Å². The van der Waals surface area contributed by atoms with Crippen molar-refractivity contribution in [2.75, 3.05) is 0 Å². The number of carbonyl (C=O) groups excluding carboxylic acids is 1. The first-order valence-corrected chi connectivity index (χ1v) is 10.5. The van der Waals surface area contributed by atoms with Gasteiger partial charge in [-0.2, -0.15) is 0 Å². The molecule has 3 aromatic rings. The van der Waals surface area contributed by atoms with Crippen LogP contribution in [0.4, 0.5) is 0 Å². The number of nitrogens with zero attached hydrogens (tertiary/aromatic N) is 3. The zero-order chi connectivity index (χ0) is 19.3. The third-order valence-corrected chi connectivity index (χ3v) is 5.85. The second kappa shape index (κ2) is 8.47. The number of rotatable bonds is 6. The van der Waals surface area contributed by atoms with E-state index in [4.69, 9.17) is 11.6 Å². The van der Waals surface area contributed by atoms with E-state index in [1.54, 1.807) is 30.3 Å². The third-order valence-electron chi connectivity index (χ3n) is 3.24. The molecule has 0 bridgehead atoms. The van der Waals surface area contributed by atoms with Crippen molar-refractivity contribution in [3.63, 3.8) is 0 Å². The number of sulfonamides is 1. The summed E-state index contributed by atoms with van der Waals surface area (Å²) in [5.41, 5.74) is 0.221. The van der Waals surface area contributed by atoms with Gasteiger partial charge in [-0.3, -0.25) is 9.78 Å². The molecule has 10 heteroatoms. The van der Waals surface area contributed by atoms with E-state index in [2.05, 4.69) is 15.2 Å². The van der Waals surface area contributed by atoms with Crippen LogP contribution in [-0.4, -0.2) is 29.5 Å². The first-order chi connectivity index (χ1) is 12.9. The monoisotopic (exact) mass is 420 g/mol. The number of pyridine rings is 1. The average Bonchev–Trinajstić information content (AvgIpc) is 2.64. The highest BCUT2D eigenvalue weighted by atomic mass is 35.5. The summed E-state index contributed by atoms with van der Waals surface area (Å²) in [4.78, 5) is 16.9. The third kappa shape index (κ3) is 5.49. The van der Waals surface area contributed by atoms with Crippen LogP contribution in [0.3, 0.4) is 0 Å². The molecule has 0 saturated heterocycles. The Hall–Kier alpha value is -2.49. The molecule has 2 aromatic heterocycles. The van der Waals surface area contributed by atoms with E-state index in [1.807, 2.05) is 22.9 Å². The first-order valence-electron chi connectivity index (χ1n) is 7.64. The van der Waals surface area contributed by atoms with Crippen LogP contribution in [0.2, 0.25) is 5.02 Å². The fourth-order valence-corrected chi connectivity index (χ4v) is 4.07. The molecule has 0 unspecified atom stereocenters. The molecule has 27 heavy (non-hydrogen) atoms. The molecule has 7 nitrogen and oxygen atoms in total. The number of hydrogen-bond donors (Lipinski definition) is 1. The van der Waals surface area contributed by atoms with Crippen molar-refractivity contribution < 1.29 is 13.2 Å². The topological polar surface area (TPSA) is 102 Å². The van der Waals surface area contributed by atoms with Crippen LogP contribution in [0.25, 0.3) is 0 Å². The Bertz CT molecular complexity index is 1050. The molecule has 1 amide bonds. The zero-order valence-electron chi connectivity index (χ0n) is 13.7. The van der Waals surface area contributed by atoms with Gasteiger partial charge in [-0.05, 0) is 36.4 Å². The molecule has 0 radical (unpaired) electrons. The van der Waals surface area contributed by atoms with Gasteiger partial charge in [0.1, 0.15) is 10.8 Å². The molecule has 1 aromatic carbocycles. The lowest BCUT2D eigenvalue weighted by Crippen LogP contribution is -2.32. The van der Waals surface area contributed by atoms with E-state index >= 15 is 0 Å². The largest absolute Gasteiger partial charge is 0.285 e. The Morgan fingerprint density at radius 1 is 1.04 bits per heavy atom. The second-order valence-electron chi connectivity index (χ2n) is 5.30. The van der Waals surface area contributed by atoms with E-state index in [0.29, 0.717) is 15.7 Å². The lowest BCUT2D eigenvalue weighted by molar-refractivity contribution is 0.0975. The maximum atomic E-state index is 12.1. The number of amides is 1. The summed E-state index contributed by atoms with van der Waals surface area (Å²) < 4.78 is 26.1. The van der Waals surface area contributed by atoms with Crippen molar-refractivity contribution in [3.05, 3.63) is 77.2 Å². The fourth-order valence-electron chi connectivity index (χ4n) is 2.04. The molecule has 0 fully saturated rings. The van der Waals surface area contributed by atoms with Crippen LogP contribution >= 0.6 is 23.4 Å².